The third kappa shape index (κ3) is 3.35. The van der Waals surface area contributed by atoms with Crippen molar-refractivity contribution in [1.29, 1.82) is 0 Å². The SMILES string of the molecule is C=C1CN(C(=O)OC(C)(C)C)OCc2ccccc21. The smallest absolute Gasteiger partial charge is 0.434 e. The minimum absolute atomic E-state index is 0.311. The van der Waals surface area contributed by atoms with Crippen LogP contribution < -0.4 is 0 Å². The second-order valence-electron chi connectivity index (χ2n) is 5.55. The van der Waals surface area contributed by atoms with Crippen molar-refractivity contribution in [2.24, 2.45) is 0 Å². The molecular formula is C15H19NO3. The van der Waals surface area contributed by atoms with Crippen LogP contribution in [0.3, 0.4) is 0 Å². The van der Waals surface area contributed by atoms with Crippen LogP contribution in [0, 0.1) is 0 Å². The maximum atomic E-state index is 12.0. The number of hydroxylamine groups is 2. The molecular weight excluding hydrogens is 242 g/mol. The number of benzene rings is 1. The van der Waals surface area contributed by atoms with Gasteiger partial charge in [-0.25, -0.2) is 4.79 Å². The van der Waals surface area contributed by atoms with E-state index in [1.54, 1.807) is 0 Å². The molecule has 1 amide bonds. The largest absolute Gasteiger partial charge is 0.442 e. The van der Waals surface area contributed by atoms with Crippen LogP contribution in [0.2, 0.25) is 0 Å². The molecule has 0 fully saturated rings. The molecule has 102 valence electrons. The van der Waals surface area contributed by atoms with Gasteiger partial charge in [-0.1, -0.05) is 30.8 Å². The third-order valence-corrected chi connectivity index (χ3v) is 2.71. The first kappa shape index (κ1) is 13.6. The van der Waals surface area contributed by atoms with Crippen LogP contribution >= 0.6 is 0 Å². The van der Waals surface area contributed by atoms with Crippen molar-refractivity contribution in [2.75, 3.05) is 6.54 Å². The van der Waals surface area contributed by atoms with Crippen molar-refractivity contribution in [3.63, 3.8) is 0 Å². The zero-order chi connectivity index (χ0) is 14.0. The van der Waals surface area contributed by atoms with E-state index in [9.17, 15) is 4.79 Å². The van der Waals surface area contributed by atoms with Crippen LogP contribution in [0.25, 0.3) is 5.57 Å². The highest BCUT2D eigenvalue weighted by atomic mass is 16.7. The molecule has 1 heterocycles. The van der Waals surface area contributed by atoms with E-state index in [1.165, 1.54) is 5.06 Å². The van der Waals surface area contributed by atoms with Crippen LogP contribution in [-0.2, 0) is 16.2 Å². The van der Waals surface area contributed by atoms with Gasteiger partial charge in [-0.15, -0.1) is 0 Å². The summed E-state index contributed by atoms with van der Waals surface area (Å²) >= 11 is 0. The Bertz CT molecular complexity index is 502. The summed E-state index contributed by atoms with van der Waals surface area (Å²) in [6.07, 6.45) is -0.485. The fourth-order valence-corrected chi connectivity index (χ4v) is 1.87. The highest BCUT2D eigenvalue weighted by Crippen LogP contribution is 2.24. The summed E-state index contributed by atoms with van der Waals surface area (Å²) in [5.74, 6) is 0. The van der Waals surface area contributed by atoms with Crippen molar-refractivity contribution in [3.8, 4) is 0 Å². The number of hydrogen-bond acceptors (Lipinski definition) is 3. The van der Waals surface area contributed by atoms with E-state index in [1.807, 2.05) is 45.0 Å². The predicted molar refractivity (Wildman–Crippen MR) is 73.2 cm³/mol. The number of fused-ring (bicyclic) bond motifs is 1. The van der Waals surface area contributed by atoms with Gasteiger partial charge in [0.1, 0.15) is 12.2 Å². The van der Waals surface area contributed by atoms with Crippen LogP contribution in [0.15, 0.2) is 30.8 Å². The van der Waals surface area contributed by atoms with Crippen molar-refractivity contribution in [1.82, 2.24) is 5.06 Å². The molecule has 0 atom stereocenters. The monoisotopic (exact) mass is 261 g/mol. The summed E-state index contributed by atoms with van der Waals surface area (Å²) in [6, 6.07) is 7.85. The highest BCUT2D eigenvalue weighted by molar-refractivity contribution is 5.74. The minimum atomic E-state index is -0.541. The number of carbonyl (C=O) groups excluding carboxylic acids is 1. The molecule has 1 aromatic carbocycles. The lowest BCUT2D eigenvalue weighted by Gasteiger charge is -2.25. The molecule has 0 radical (unpaired) electrons. The molecule has 0 spiro atoms. The Morgan fingerprint density at radius 1 is 1.37 bits per heavy atom. The zero-order valence-corrected chi connectivity index (χ0v) is 11.6. The summed E-state index contributed by atoms with van der Waals surface area (Å²) < 4.78 is 5.30. The number of hydrogen-bond donors (Lipinski definition) is 0. The summed E-state index contributed by atoms with van der Waals surface area (Å²) in [5, 5.41) is 1.23. The van der Waals surface area contributed by atoms with Crippen LogP contribution in [-0.4, -0.2) is 23.3 Å². The minimum Gasteiger partial charge on any atom is -0.442 e. The molecule has 0 unspecified atom stereocenters. The van der Waals surface area contributed by atoms with Crippen LogP contribution in [0.1, 0.15) is 31.9 Å². The lowest BCUT2D eigenvalue weighted by atomic mass is 10.0. The molecule has 1 aliphatic rings. The van der Waals surface area contributed by atoms with Crippen LogP contribution in [0.4, 0.5) is 4.79 Å². The molecule has 4 nitrogen and oxygen atoms in total. The van der Waals surface area contributed by atoms with Gasteiger partial charge >= 0.3 is 6.09 Å². The molecule has 0 saturated carbocycles. The Balaban J connectivity index is 2.13. The topological polar surface area (TPSA) is 38.8 Å². The lowest BCUT2D eigenvalue weighted by molar-refractivity contribution is -0.146. The summed E-state index contributed by atoms with van der Waals surface area (Å²) in [7, 11) is 0. The summed E-state index contributed by atoms with van der Waals surface area (Å²) in [6.45, 7) is 10.1. The standard InChI is InChI=1S/C15H19NO3/c1-11-9-16(14(17)19-15(2,3)4)18-10-12-7-5-6-8-13(11)12/h5-8H,1,9-10H2,2-4H3. The molecule has 1 aromatic rings. The molecule has 0 saturated heterocycles. The Hall–Kier alpha value is -1.81. The number of amides is 1. The Kier molecular flexibility index (Phi) is 3.62. The predicted octanol–water partition coefficient (Wildman–Crippen LogP) is 3.38. The number of carbonyl (C=O) groups is 1. The van der Waals surface area contributed by atoms with Gasteiger partial charge in [0.25, 0.3) is 0 Å². The normalized spacial score (nSPS) is 15.7. The van der Waals surface area contributed by atoms with Crippen molar-refractivity contribution in [2.45, 2.75) is 33.0 Å². The maximum Gasteiger partial charge on any atom is 0.434 e. The van der Waals surface area contributed by atoms with E-state index in [0.29, 0.717) is 13.2 Å². The van der Waals surface area contributed by atoms with E-state index in [0.717, 1.165) is 16.7 Å². The molecule has 0 bridgehead atoms. The Labute approximate surface area is 113 Å². The fourth-order valence-electron chi connectivity index (χ4n) is 1.87. The second kappa shape index (κ2) is 5.05. The van der Waals surface area contributed by atoms with Gasteiger partial charge in [0.05, 0.1) is 6.54 Å². The summed E-state index contributed by atoms with van der Waals surface area (Å²) in [4.78, 5) is 17.5. The van der Waals surface area contributed by atoms with Crippen molar-refractivity contribution in [3.05, 3.63) is 42.0 Å². The van der Waals surface area contributed by atoms with Gasteiger partial charge in [-0.2, -0.15) is 5.06 Å². The molecule has 19 heavy (non-hydrogen) atoms. The summed E-state index contributed by atoms with van der Waals surface area (Å²) in [5.41, 5.74) is 2.37. The van der Waals surface area contributed by atoms with E-state index in [4.69, 9.17) is 9.57 Å². The first-order chi connectivity index (χ1) is 8.87. The van der Waals surface area contributed by atoms with Gasteiger partial charge < -0.3 is 4.74 Å². The molecule has 0 N–H and O–H groups in total. The third-order valence-electron chi connectivity index (χ3n) is 2.71. The Morgan fingerprint density at radius 3 is 2.74 bits per heavy atom. The quantitative estimate of drug-likeness (QED) is 0.718. The van der Waals surface area contributed by atoms with E-state index < -0.39 is 11.7 Å². The number of rotatable bonds is 0. The van der Waals surface area contributed by atoms with Crippen molar-refractivity contribution < 1.29 is 14.4 Å². The fraction of sp³-hybridized carbons (Fsp3) is 0.400. The van der Waals surface area contributed by atoms with E-state index in [2.05, 4.69) is 6.58 Å². The van der Waals surface area contributed by atoms with Gasteiger partial charge in [0.15, 0.2) is 0 Å². The lowest BCUT2D eigenvalue weighted by Crippen LogP contribution is -2.36. The molecule has 0 aromatic heterocycles. The second-order valence-corrected chi connectivity index (χ2v) is 5.55. The highest BCUT2D eigenvalue weighted by Gasteiger charge is 2.26. The Morgan fingerprint density at radius 2 is 2.05 bits per heavy atom. The zero-order valence-electron chi connectivity index (χ0n) is 11.6. The maximum absolute atomic E-state index is 12.0. The van der Waals surface area contributed by atoms with E-state index in [-0.39, 0.29) is 0 Å². The van der Waals surface area contributed by atoms with E-state index >= 15 is 0 Å². The first-order valence-electron chi connectivity index (χ1n) is 6.26. The van der Waals surface area contributed by atoms with Gasteiger partial charge in [-0.05, 0) is 37.5 Å². The van der Waals surface area contributed by atoms with Gasteiger partial charge in [0.2, 0.25) is 0 Å². The molecule has 0 aliphatic carbocycles. The van der Waals surface area contributed by atoms with Gasteiger partial charge in [-0.3, -0.25) is 4.84 Å². The average Bonchev–Trinajstić information content (AvgIpc) is 2.48. The molecule has 1 aliphatic heterocycles. The number of ether oxygens (including phenoxy) is 1. The number of nitrogens with zero attached hydrogens (tertiary/aromatic N) is 1. The first-order valence-corrected chi connectivity index (χ1v) is 6.26. The van der Waals surface area contributed by atoms with Gasteiger partial charge in [0, 0.05) is 0 Å². The average molecular weight is 261 g/mol. The molecule has 4 heteroatoms. The molecule has 2 rings (SSSR count). The van der Waals surface area contributed by atoms with Crippen LogP contribution in [0.5, 0.6) is 0 Å². The van der Waals surface area contributed by atoms with Crippen molar-refractivity contribution >= 4 is 11.7 Å².